The SMILES string of the molecule is CCC1(CC2=Cc3c(cccc3-c3ccc(C)cc3)C2)CCCCCCCC1. The number of rotatable bonds is 4. The van der Waals surface area contributed by atoms with Gasteiger partial charge in [0.05, 0.1) is 0 Å². The molecular weight excluding hydrogens is 336 g/mol. The predicted octanol–water partition coefficient (Wildman–Crippen LogP) is 8.52. The molecule has 0 saturated heterocycles. The molecule has 0 bridgehead atoms. The zero-order chi connectivity index (χ0) is 19.4. The molecule has 0 aliphatic heterocycles. The number of hydrogen-bond donors (Lipinski definition) is 0. The summed E-state index contributed by atoms with van der Waals surface area (Å²) < 4.78 is 0. The van der Waals surface area contributed by atoms with Gasteiger partial charge in [-0.3, -0.25) is 0 Å². The van der Waals surface area contributed by atoms with Crippen molar-refractivity contribution in [3.8, 4) is 11.1 Å². The summed E-state index contributed by atoms with van der Waals surface area (Å²) in [4.78, 5) is 0. The van der Waals surface area contributed by atoms with Crippen molar-refractivity contribution in [2.75, 3.05) is 0 Å². The summed E-state index contributed by atoms with van der Waals surface area (Å²) >= 11 is 0. The molecule has 2 aromatic carbocycles. The van der Waals surface area contributed by atoms with Crippen LogP contribution in [0, 0.1) is 12.3 Å². The van der Waals surface area contributed by atoms with Crippen molar-refractivity contribution in [1.82, 2.24) is 0 Å². The third-order valence-electron chi connectivity index (χ3n) is 7.34. The normalized spacial score (nSPS) is 19.3. The molecule has 0 N–H and O–H groups in total. The van der Waals surface area contributed by atoms with Crippen molar-refractivity contribution in [2.45, 2.75) is 84.5 Å². The first-order valence-corrected chi connectivity index (χ1v) is 11.6. The third kappa shape index (κ3) is 4.27. The van der Waals surface area contributed by atoms with Gasteiger partial charge >= 0.3 is 0 Å². The molecule has 0 unspecified atom stereocenters. The van der Waals surface area contributed by atoms with Gasteiger partial charge in [-0.05, 0) is 60.3 Å². The van der Waals surface area contributed by atoms with Crippen molar-refractivity contribution in [1.29, 1.82) is 0 Å². The van der Waals surface area contributed by atoms with Crippen LogP contribution in [-0.4, -0.2) is 0 Å². The molecule has 0 aromatic heterocycles. The average molecular weight is 373 g/mol. The second-order valence-electron chi connectivity index (χ2n) is 9.38. The van der Waals surface area contributed by atoms with Gasteiger partial charge in [-0.15, -0.1) is 0 Å². The summed E-state index contributed by atoms with van der Waals surface area (Å²) in [7, 11) is 0. The zero-order valence-electron chi connectivity index (χ0n) is 17.9. The van der Waals surface area contributed by atoms with Crippen LogP contribution in [0.3, 0.4) is 0 Å². The van der Waals surface area contributed by atoms with Gasteiger partial charge in [-0.1, -0.05) is 112 Å². The molecule has 4 rings (SSSR count). The molecule has 1 saturated carbocycles. The lowest BCUT2D eigenvalue weighted by molar-refractivity contribution is 0.215. The highest BCUT2D eigenvalue weighted by atomic mass is 14.4. The lowest BCUT2D eigenvalue weighted by atomic mass is 9.72. The Morgan fingerprint density at radius 2 is 1.50 bits per heavy atom. The summed E-state index contributed by atoms with van der Waals surface area (Å²) in [6.07, 6.45) is 17.9. The van der Waals surface area contributed by atoms with Gasteiger partial charge in [-0.2, -0.15) is 0 Å². The predicted molar refractivity (Wildman–Crippen MR) is 123 cm³/mol. The van der Waals surface area contributed by atoms with Crippen LogP contribution in [0.25, 0.3) is 17.2 Å². The Morgan fingerprint density at radius 3 is 2.18 bits per heavy atom. The maximum absolute atomic E-state index is 2.55. The molecule has 0 radical (unpaired) electrons. The summed E-state index contributed by atoms with van der Waals surface area (Å²) in [6, 6.07) is 15.9. The van der Waals surface area contributed by atoms with Crippen LogP contribution in [0.5, 0.6) is 0 Å². The van der Waals surface area contributed by atoms with E-state index in [1.54, 1.807) is 5.57 Å². The molecule has 0 nitrogen and oxygen atoms in total. The van der Waals surface area contributed by atoms with Crippen LogP contribution in [0.2, 0.25) is 0 Å². The zero-order valence-corrected chi connectivity index (χ0v) is 17.9. The fourth-order valence-corrected chi connectivity index (χ4v) is 5.50. The van der Waals surface area contributed by atoms with Gasteiger partial charge in [0.15, 0.2) is 0 Å². The minimum Gasteiger partial charge on any atom is -0.0648 e. The first-order valence-electron chi connectivity index (χ1n) is 11.6. The van der Waals surface area contributed by atoms with E-state index in [4.69, 9.17) is 0 Å². The van der Waals surface area contributed by atoms with E-state index in [2.05, 4.69) is 62.4 Å². The minimum atomic E-state index is 0.544. The molecule has 0 spiro atoms. The number of allylic oxidation sites excluding steroid dienone is 1. The molecule has 0 heterocycles. The summed E-state index contributed by atoms with van der Waals surface area (Å²) in [5.41, 5.74) is 9.33. The van der Waals surface area contributed by atoms with Crippen LogP contribution >= 0.6 is 0 Å². The second kappa shape index (κ2) is 8.68. The maximum atomic E-state index is 2.55. The third-order valence-corrected chi connectivity index (χ3v) is 7.34. The molecule has 1 fully saturated rings. The molecule has 0 amide bonds. The van der Waals surface area contributed by atoms with Gasteiger partial charge in [-0.25, -0.2) is 0 Å². The molecule has 2 aliphatic rings. The van der Waals surface area contributed by atoms with E-state index in [1.165, 1.54) is 92.0 Å². The van der Waals surface area contributed by atoms with Gasteiger partial charge in [0.2, 0.25) is 0 Å². The summed E-state index contributed by atoms with van der Waals surface area (Å²) in [5.74, 6) is 0. The van der Waals surface area contributed by atoms with E-state index in [-0.39, 0.29) is 0 Å². The lowest BCUT2D eigenvalue weighted by Crippen LogP contribution is -2.21. The molecular formula is C28H36. The van der Waals surface area contributed by atoms with Crippen molar-refractivity contribution in [3.05, 3.63) is 64.7 Å². The Morgan fingerprint density at radius 1 is 0.821 bits per heavy atom. The summed E-state index contributed by atoms with van der Waals surface area (Å²) in [6.45, 7) is 4.61. The van der Waals surface area contributed by atoms with Crippen LogP contribution in [-0.2, 0) is 6.42 Å². The largest absolute Gasteiger partial charge is 0.0648 e. The smallest absolute Gasteiger partial charge is 0.00574 e. The van der Waals surface area contributed by atoms with Crippen molar-refractivity contribution in [3.63, 3.8) is 0 Å². The fraction of sp³-hybridized carbons (Fsp3) is 0.500. The first kappa shape index (κ1) is 19.5. The van der Waals surface area contributed by atoms with Crippen LogP contribution in [0.4, 0.5) is 0 Å². The Labute approximate surface area is 172 Å². The number of benzene rings is 2. The lowest BCUT2D eigenvalue weighted by Gasteiger charge is -2.33. The number of fused-ring (bicyclic) bond motifs is 1. The standard InChI is InChI=1S/C28H36/c1-3-28(17-8-6-4-5-7-9-18-28)21-23-19-25-11-10-12-26(27(25)20-23)24-15-13-22(2)14-16-24/h10-16,20H,3-9,17-19,21H2,1-2H3. The quantitative estimate of drug-likeness (QED) is 0.504. The Kier molecular flexibility index (Phi) is 6.04. The number of hydrogen-bond acceptors (Lipinski definition) is 0. The maximum Gasteiger partial charge on any atom is -0.00574 e. The Bertz CT molecular complexity index is 812. The van der Waals surface area contributed by atoms with E-state index < -0.39 is 0 Å². The monoisotopic (exact) mass is 372 g/mol. The topological polar surface area (TPSA) is 0 Å². The average Bonchev–Trinajstić information content (AvgIpc) is 3.16. The van der Waals surface area contributed by atoms with Gasteiger partial charge in [0, 0.05) is 0 Å². The van der Waals surface area contributed by atoms with Crippen molar-refractivity contribution >= 4 is 6.08 Å². The van der Waals surface area contributed by atoms with E-state index >= 15 is 0 Å². The fourth-order valence-electron chi connectivity index (χ4n) is 5.50. The van der Waals surface area contributed by atoms with Crippen LogP contribution in [0.1, 0.15) is 87.8 Å². The molecule has 148 valence electrons. The number of aryl methyl sites for hydroxylation is 1. The Balaban J connectivity index is 1.59. The first-order chi connectivity index (χ1) is 13.7. The Hall–Kier alpha value is -1.82. The van der Waals surface area contributed by atoms with Gasteiger partial charge < -0.3 is 0 Å². The van der Waals surface area contributed by atoms with Crippen molar-refractivity contribution in [2.24, 2.45) is 5.41 Å². The molecule has 2 aliphatic carbocycles. The minimum absolute atomic E-state index is 0.544. The van der Waals surface area contributed by atoms with Gasteiger partial charge in [0.25, 0.3) is 0 Å². The van der Waals surface area contributed by atoms with Gasteiger partial charge in [0.1, 0.15) is 0 Å². The van der Waals surface area contributed by atoms with E-state index in [0.29, 0.717) is 5.41 Å². The molecule has 2 aromatic rings. The second-order valence-corrected chi connectivity index (χ2v) is 9.38. The van der Waals surface area contributed by atoms with Crippen molar-refractivity contribution < 1.29 is 0 Å². The highest BCUT2D eigenvalue weighted by molar-refractivity contribution is 5.80. The van der Waals surface area contributed by atoms with E-state index in [1.807, 2.05) is 0 Å². The summed E-state index contributed by atoms with van der Waals surface area (Å²) in [5, 5.41) is 0. The molecule has 0 heteroatoms. The van der Waals surface area contributed by atoms with E-state index in [9.17, 15) is 0 Å². The van der Waals surface area contributed by atoms with Crippen LogP contribution in [0.15, 0.2) is 48.0 Å². The molecule has 0 atom stereocenters. The van der Waals surface area contributed by atoms with E-state index in [0.717, 1.165) is 6.42 Å². The van der Waals surface area contributed by atoms with Crippen LogP contribution < -0.4 is 0 Å². The molecule has 28 heavy (non-hydrogen) atoms. The highest BCUT2D eigenvalue weighted by Crippen LogP contribution is 2.45. The highest BCUT2D eigenvalue weighted by Gasteiger charge is 2.30.